The molecule has 0 fully saturated rings. The number of nitrogens with one attached hydrogen (secondary N) is 2. The molecule has 0 aliphatic carbocycles. The maximum Gasteiger partial charge on any atom is 0.256 e. The van der Waals surface area contributed by atoms with E-state index in [0.717, 1.165) is 23.0 Å². The van der Waals surface area contributed by atoms with Crippen LogP contribution in [0.4, 0.5) is 5.82 Å². The molecule has 3 rings (SSSR count). The average Bonchev–Trinajstić information content (AvgIpc) is 3.16. The number of pyridine rings is 1. The summed E-state index contributed by atoms with van der Waals surface area (Å²) in [7, 11) is 3.39. The molecule has 0 aliphatic rings. The van der Waals surface area contributed by atoms with Gasteiger partial charge in [-0.05, 0) is 50.2 Å². The predicted molar refractivity (Wildman–Crippen MR) is 127 cm³/mol. The maximum atomic E-state index is 12.6. The Morgan fingerprint density at radius 3 is 2.58 bits per heavy atom. The van der Waals surface area contributed by atoms with E-state index < -0.39 is 0 Å². The van der Waals surface area contributed by atoms with Gasteiger partial charge in [0.05, 0.1) is 17.4 Å². The van der Waals surface area contributed by atoms with Gasteiger partial charge < -0.3 is 19.8 Å². The predicted octanol–water partition coefficient (Wildman–Crippen LogP) is 5.08. The third-order valence-corrected chi connectivity index (χ3v) is 4.45. The van der Waals surface area contributed by atoms with Crippen LogP contribution in [-0.2, 0) is 4.74 Å². The third kappa shape index (κ3) is 6.93. The first-order valence-electron chi connectivity index (χ1n) is 10.4. The van der Waals surface area contributed by atoms with Crippen molar-refractivity contribution in [3.63, 3.8) is 0 Å². The quantitative estimate of drug-likeness (QED) is 0.493. The first kappa shape index (κ1) is 24.1. The molecular weight excluding hydrogens is 392 g/mol. The third-order valence-electron chi connectivity index (χ3n) is 4.45. The van der Waals surface area contributed by atoms with Crippen molar-refractivity contribution in [3.8, 4) is 5.75 Å². The van der Waals surface area contributed by atoms with E-state index >= 15 is 0 Å². The second-order valence-electron chi connectivity index (χ2n) is 7.35. The van der Waals surface area contributed by atoms with E-state index in [1.54, 1.807) is 50.8 Å². The van der Waals surface area contributed by atoms with Crippen molar-refractivity contribution in [2.45, 2.75) is 39.7 Å². The number of amides is 1. The summed E-state index contributed by atoms with van der Waals surface area (Å²) < 4.78 is 11.1. The molecule has 0 atom stereocenters. The van der Waals surface area contributed by atoms with E-state index in [1.165, 1.54) is 0 Å². The molecule has 1 aromatic carbocycles. The highest BCUT2D eigenvalue weighted by atomic mass is 16.5. The van der Waals surface area contributed by atoms with Gasteiger partial charge >= 0.3 is 0 Å². The molecule has 7 nitrogen and oxygen atoms in total. The van der Waals surface area contributed by atoms with E-state index in [-0.39, 0.29) is 11.5 Å². The molecule has 2 N–H and O–H groups in total. The van der Waals surface area contributed by atoms with Gasteiger partial charge in [0.25, 0.3) is 5.91 Å². The number of aliphatic imine (C=N–C) groups is 1. The summed E-state index contributed by atoms with van der Waals surface area (Å²) in [5.74, 6) is 0.968. The molecule has 166 valence electrons. The molecule has 0 saturated carbocycles. The van der Waals surface area contributed by atoms with Crippen LogP contribution in [0.3, 0.4) is 0 Å². The van der Waals surface area contributed by atoms with Gasteiger partial charge in [-0.3, -0.25) is 9.79 Å². The van der Waals surface area contributed by atoms with Crippen molar-refractivity contribution in [3.05, 3.63) is 53.9 Å². The smallest absolute Gasteiger partial charge is 0.256 e. The van der Waals surface area contributed by atoms with Crippen molar-refractivity contribution < 1.29 is 14.3 Å². The fraction of sp³-hybridized carbons (Fsp3) is 0.375. The number of carbonyl (C=O) groups excluding carboxylic acids is 1. The molecule has 0 saturated heterocycles. The Morgan fingerprint density at radius 2 is 1.94 bits per heavy atom. The van der Waals surface area contributed by atoms with Crippen molar-refractivity contribution in [2.24, 2.45) is 4.99 Å². The van der Waals surface area contributed by atoms with Crippen LogP contribution in [0.15, 0.2) is 47.6 Å². The van der Waals surface area contributed by atoms with Crippen LogP contribution in [0.1, 0.15) is 50.2 Å². The van der Waals surface area contributed by atoms with Crippen molar-refractivity contribution in [1.82, 2.24) is 9.97 Å². The number of methoxy groups -OCH3 is 1. The van der Waals surface area contributed by atoms with Crippen molar-refractivity contribution in [2.75, 3.05) is 26.1 Å². The Hall–Kier alpha value is -3.19. The minimum absolute atomic E-state index is 0.229. The Balaban J connectivity index is 0.00000166. The van der Waals surface area contributed by atoms with E-state index in [4.69, 9.17) is 9.47 Å². The van der Waals surface area contributed by atoms with Gasteiger partial charge in [0.2, 0.25) is 0 Å². The van der Waals surface area contributed by atoms with Crippen LogP contribution >= 0.6 is 0 Å². The molecule has 0 radical (unpaired) electrons. The Morgan fingerprint density at radius 1 is 1.23 bits per heavy atom. The van der Waals surface area contributed by atoms with E-state index in [9.17, 15) is 4.79 Å². The molecule has 0 spiro atoms. The highest BCUT2D eigenvalue weighted by Crippen LogP contribution is 2.22. The molecule has 31 heavy (non-hydrogen) atoms. The Bertz CT molecular complexity index is 1010. The summed E-state index contributed by atoms with van der Waals surface area (Å²) in [6.45, 7) is 8.64. The highest BCUT2D eigenvalue weighted by Gasteiger charge is 2.19. The minimum Gasteiger partial charge on any atom is -0.488 e. The monoisotopic (exact) mass is 424 g/mol. The van der Waals surface area contributed by atoms with Gasteiger partial charge in [0.1, 0.15) is 17.2 Å². The zero-order valence-electron chi connectivity index (χ0n) is 19.2. The van der Waals surface area contributed by atoms with Crippen LogP contribution in [0.5, 0.6) is 5.75 Å². The number of fused-ring (bicyclic) bond motifs is 1. The highest BCUT2D eigenvalue weighted by molar-refractivity contribution is 6.04. The summed E-state index contributed by atoms with van der Waals surface area (Å²) >= 11 is 0. The number of hydrogen-bond acceptors (Lipinski definition) is 5. The van der Waals surface area contributed by atoms with E-state index in [1.807, 2.05) is 39.8 Å². The number of rotatable bonds is 8. The zero-order chi connectivity index (χ0) is 22.9. The molecular formula is C24H32N4O3. The molecule has 0 aliphatic heterocycles. The first-order chi connectivity index (χ1) is 14.9. The molecule has 0 bridgehead atoms. The van der Waals surface area contributed by atoms with E-state index in [2.05, 4.69) is 20.3 Å². The number of carbonyl (C=O) groups is 1. The maximum absolute atomic E-state index is 12.6. The van der Waals surface area contributed by atoms with E-state index in [0.29, 0.717) is 23.7 Å². The molecule has 2 aromatic heterocycles. The summed E-state index contributed by atoms with van der Waals surface area (Å²) in [4.78, 5) is 24.0. The van der Waals surface area contributed by atoms with Crippen LogP contribution < -0.4 is 10.1 Å². The fourth-order valence-corrected chi connectivity index (χ4v) is 2.91. The number of aromatic nitrogens is 2. The number of H-pyrrole nitrogens is 1. The molecule has 7 heteroatoms. The lowest BCUT2D eigenvalue weighted by atomic mass is 10.1. The summed E-state index contributed by atoms with van der Waals surface area (Å²) in [5, 5.41) is 3.78. The van der Waals surface area contributed by atoms with Crippen LogP contribution in [0.25, 0.3) is 10.9 Å². The minimum atomic E-state index is -0.350. The first-order valence-corrected chi connectivity index (χ1v) is 10.4. The number of nitrogens with zero attached hydrogens (tertiary/aromatic N) is 2. The van der Waals surface area contributed by atoms with Gasteiger partial charge in [0, 0.05) is 44.3 Å². The fourth-order valence-electron chi connectivity index (χ4n) is 2.91. The number of aromatic amines is 1. The summed E-state index contributed by atoms with van der Waals surface area (Å²) in [6.07, 6.45) is 4.19. The normalized spacial score (nSPS) is 11.3. The van der Waals surface area contributed by atoms with Crippen LogP contribution in [0, 0.1) is 0 Å². The molecule has 0 unspecified atom stereocenters. The van der Waals surface area contributed by atoms with Gasteiger partial charge in [-0.25, -0.2) is 4.98 Å². The van der Waals surface area contributed by atoms with Gasteiger partial charge in [-0.2, -0.15) is 0 Å². The lowest BCUT2D eigenvalue weighted by Gasteiger charge is -2.26. The number of hydrogen-bond donors (Lipinski definition) is 2. The second kappa shape index (κ2) is 11.3. The van der Waals surface area contributed by atoms with Gasteiger partial charge in [0.15, 0.2) is 0 Å². The largest absolute Gasteiger partial charge is 0.488 e. The Kier molecular flexibility index (Phi) is 8.75. The standard InChI is InChI=1S/C22H26N4O3.C2H6/c1-22(2,9-10-28-4)29-18-7-5-15(6-8-18)21(27)26-20-12-16-11-17(13-23-3)25-19(16)14-24-20;1-2/h5-8,11-14,25H,9-10H2,1-4H3,(H,24,26,27);1-2H3. The summed E-state index contributed by atoms with van der Waals surface area (Å²) in [6, 6.07) is 10.8. The van der Waals surface area contributed by atoms with Crippen molar-refractivity contribution >= 4 is 28.8 Å². The molecule has 1 amide bonds. The number of benzene rings is 1. The average molecular weight is 425 g/mol. The molecule has 2 heterocycles. The number of anilines is 1. The zero-order valence-corrected chi connectivity index (χ0v) is 19.2. The lowest BCUT2D eigenvalue weighted by Crippen LogP contribution is -2.29. The van der Waals surface area contributed by atoms with Crippen LogP contribution in [0.2, 0.25) is 0 Å². The summed E-state index contributed by atoms with van der Waals surface area (Å²) in [5.41, 5.74) is 1.95. The van der Waals surface area contributed by atoms with Gasteiger partial charge in [-0.1, -0.05) is 13.8 Å². The van der Waals surface area contributed by atoms with Gasteiger partial charge in [-0.15, -0.1) is 0 Å². The van der Waals surface area contributed by atoms with Crippen LogP contribution in [-0.4, -0.2) is 48.5 Å². The molecule has 3 aromatic rings. The van der Waals surface area contributed by atoms with Crippen molar-refractivity contribution in [1.29, 1.82) is 0 Å². The Labute approximate surface area is 183 Å². The topological polar surface area (TPSA) is 88.6 Å². The second-order valence-corrected chi connectivity index (χ2v) is 7.35. The SMILES string of the molecule is CC.CN=Cc1cc2cc(NC(=O)c3ccc(OC(C)(C)CCOC)cc3)ncc2[nH]1. The lowest BCUT2D eigenvalue weighted by molar-refractivity contribution is 0.0630. The number of ether oxygens (including phenoxy) is 2.